The Balaban J connectivity index is 1.91. The molecule has 1 unspecified atom stereocenters. The summed E-state index contributed by atoms with van der Waals surface area (Å²) in [4.78, 5) is 11.3. The Morgan fingerprint density at radius 3 is 2.79 bits per heavy atom. The van der Waals surface area contributed by atoms with Crippen molar-refractivity contribution in [1.29, 1.82) is 0 Å². The van der Waals surface area contributed by atoms with Crippen LogP contribution in [0.1, 0.15) is 16.5 Å². The lowest BCUT2D eigenvalue weighted by atomic mass is 10.2. The van der Waals surface area contributed by atoms with Gasteiger partial charge in [-0.05, 0) is 11.4 Å². The van der Waals surface area contributed by atoms with Crippen LogP contribution in [0.4, 0.5) is 5.69 Å². The van der Waals surface area contributed by atoms with E-state index in [1.54, 1.807) is 18.2 Å². The van der Waals surface area contributed by atoms with E-state index in [9.17, 15) is 15.2 Å². The summed E-state index contributed by atoms with van der Waals surface area (Å²) < 4.78 is 0. The minimum Gasteiger partial charge on any atom is -0.386 e. The number of rotatable bonds is 6. The van der Waals surface area contributed by atoms with Crippen LogP contribution in [0.2, 0.25) is 0 Å². The van der Waals surface area contributed by atoms with E-state index in [4.69, 9.17) is 0 Å². The van der Waals surface area contributed by atoms with Gasteiger partial charge in [0, 0.05) is 29.6 Å². The van der Waals surface area contributed by atoms with Crippen LogP contribution in [0.15, 0.2) is 41.8 Å². The van der Waals surface area contributed by atoms with E-state index < -0.39 is 11.0 Å². The molecule has 0 bridgehead atoms. The standard InChI is InChI=1S/C13H14N2O3S/c16-12(13-6-3-7-19-13)9-14-8-10-4-1-2-5-11(10)15(17)18/h1-7,12,14,16H,8-9H2. The van der Waals surface area contributed by atoms with Crippen molar-refractivity contribution in [1.82, 2.24) is 5.32 Å². The Labute approximate surface area is 114 Å². The number of nitrogens with one attached hydrogen (secondary N) is 1. The van der Waals surface area contributed by atoms with Gasteiger partial charge in [-0.2, -0.15) is 0 Å². The minimum atomic E-state index is -0.581. The first-order chi connectivity index (χ1) is 9.18. The van der Waals surface area contributed by atoms with E-state index in [0.717, 1.165) is 4.88 Å². The maximum absolute atomic E-state index is 10.8. The number of hydrogen-bond donors (Lipinski definition) is 2. The molecule has 2 rings (SSSR count). The number of thiophene rings is 1. The molecular formula is C13H14N2O3S. The highest BCUT2D eigenvalue weighted by Gasteiger charge is 2.13. The highest BCUT2D eigenvalue weighted by molar-refractivity contribution is 7.10. The number of nitro benzene ring substituents is 1. The fraction of sp³-hybridized carbons (Fsp3) is 0.231. The molecule has 2 N–H and O–H groups in total. The number of benzene rings is 1. The van der Waals surface area contributed by atoms with Crippen LogP contribution in [0, 0.1) is 10.1 Å². The predicted molar refractivity (Wildman–Crippen MR) is 74.1 cm³/mol. The summed E-state index contributed by atoms with van der Waals surface area (Å²) in [7, 11) is 0. The van der Waals surface area contributed by atoms with E-state index in [-0.39, 0.29) is 5.69 Å². The number of para-hydroxylation sites is 1. The van der Waals surface area contributed by atoms with Gasteiger partial charge < -0.3 is 10.4 Å². The molecule has 0 saturated heterocycles. The molecule has 0 saturated carbocycles. The maximum atomic E-state index is 10.8. The number of aliphatic hydroxyl groups excluding tert-OH is 1. The van der Waals surface area contributed by atoms with Crippen molar-refractivity contribution < 1.29 is 10.0 Å². The summed E-state index contributed by atoms with van der Waals surface area (Å²) in [5.74, 6) is 0. The van der Waals surface area contributed by atoms with Gasteiger partial charge in [-0.25, -0.2) is 0 Å². The molecule has 1 aromatic heterocycles. The Morgan fingerprint density at radius 2 is 2.11 bits per heavy atom. The van der Waals surface area contributed by atoms with Crippen LogP contribution in [-0.4, -0.2) is 16.6 Å². The fourth-order valence-electron chi connectivity index (χ4n) is 1.76. The quantitative estimate of drug-likeness (QED) is 0.628. The molecule has 6 heteroatoms. The molecular weight excluding hydrogens is 264 g/mol. The van der Waals surface area contributed by atoms with Crippen LogP contribution in [0.25, 0.3) is 0 Å². The third kappa shape index (κ3) is 3.60. The van der Waals surface area contributed by atoms with E-state index >= 15 is 0 Å². The lowest BCUT2D eigenvalue weighted by Crippen LogP contribution is -2.21. The Kier molecular flexibility index (Phi) is 4.62. The van der Waals surface area contributed by atoms with E-state index in [1.165, 1.54) is 17.4 Å². The maximum Gasteiger partial charge on any atom is 0.273 e. The third-order valence-electron chi connectivity index (χ3n) is 2.71. The molecule has 0 amide bonds. The van der Waals surface area contributed by atoms with Gasteiger partial charge in [0.25, 0.3) is 5.69 Å². The van der Waals surface area contributed by atoms with Gasteiger partial charge in [-0.1, -0.05) is 24.3 Å². The first kappa shape index (κ1) is 13.7. The van der Waals surface area contributed by atoms with Crippen LogP contribution in [-0.2, 0) is 6.54 Å². The largest absolute Gasteiger partial charge is 0.386 e. The van der Waals surface area contributed by atoms with Gasteiger partial charge in [0.15, 0.2) is 0 Å². The zero-order valence-corrected chi connectivity index (χ0v) is 11.0. The van der Waals surface area contributed by atoms with Crippen LogP contribution in [0.5, 0.6) is 0 Å². The Morgan fingerprint density at radius 1 is 1.32 bits per heavy atom. The lowest BCUT2D eigenvalue weighted by Gasteiger charge is -2.10. The Bertz CT molecular complexity index is 543. The second-order valence-corrected chi connectivity index (χ2v) is 5.03. The first-order valence-electron chi connectivity index (χ1n) is 5.83. The molecule has 0 aliphatic carbocycles. The topological polar surface area (TPSA) is 75.4 Å². The molecule has 100 valence electrons. The molecule has 0 radical (unpaired) electrons. The lowest BCUT2D eigenvalue weighted by molar-refractivity contribution is -0.385. The molecule has 1 aromatic carbocycles. The molecule has 0 fully saturated rings. The number of nitrogens with zero attached hydrogens (tertiary/aromatic N) is 1. The second-order valence-electron chi connectivity index (χ2n) is 4.05. The second kappa shape index (κ2) is 6.42. The van der Waals surface area contributed by atoms with Crippen molar-refractivity contribution in [2.45, 2.75) is 12.6 Å². The molecule has 5 nitrogen and oxygen atoms in total. The summed E-state index contributed by atoms with van der Waals surface area (Å²) in [6.07, 6.45) is -0.581. The van der Waals surface area contributed by atoms with Crippen molar-refractivity contribution in [3.05, 3.63) is 62.3 Å². The van der Waals surface area contributed by atoms with E-state index in [0.29, 0.717) is 18.7 Å². The average molecular weight is 278 g/mol. The molecule has 1 heterocycles. The fourth-order valence-corrected chi connectivity index (χ4v) is 2.48. The normalized spacial score (nSPS) is 12.3. The molecule has 0 aliphatic heterocycles. The van der Waals surface area contributed by atoms with Gasteiger partial charge in [-0.3, -0.25) is 10.1 Å². The van der Waals surface area contributed by atoms with Gasteiger partial charge in [-0.15, -0.1) is 11.3 Å². The Hall–Kier alpha value is -1.76. The molecule has 0 aliphatic rings. The van der Waals surface area contributed by atoms with Gasteiger partial charge in [0.05, 0.1) is 4.92 Å². The van der Waals surface area contributed by atoms with Crippen molar-refractivity contribution in [3.63, 3.8) is 0 Å². The highest BCUT2D eigenvalue weighted by atomic mass is 32.1. The third-order valence-corrected chi connectivity index (χ3v) is 3.69. The molecule has 0 spiro atoms. The SMILES string of the molecule is O=[N+]([O-])c1ccccc1CNCC(O)c1cccs1. The van der Waals surface area contributed by atoms with Crippen LogP contribution >= 0.6 is 11.3 Å². The highest BCUT2D eigenvalue weighted by Crippen LogP contribution is 2.19. The van der Waals surface area contributed by atoms with Crippen LogP contribution in [0.3, 0.4) is 0 Å². The van der Waals surface area contributed by atoms with Gasteiger partial charge in [0.1, 0.15) is 6.10 Å². The molecule has 1 atom stereocenters. The summed E-state index contributed by atoms with van der Waals surface area (Å²) in [6.45, 7) is 0.728. The van der Waals surface area contributed by atoms with Crippen molar-refractivity contribution >= 4 is 17.0 Å². The summed E-state index contributed by atoms with van der Waals surface area (Å²) in [5.41, 5.74) is 0.714. The number of hydrogen-bond acceptors (Lipinski definition) is 5. The first-order valence-corrected chi connectivity index (χ1v) is 6.71. The summed E-state index contributed by atoms with van der Waals surface area (Å²) in [5, 5.41) is 25.7. The molecule has 2 aromatic rings. The monoisotopic (exact) mass is 278 g/mol. The van der Waals surface area contributed by atoms with Crippen molar-refractivity contribution in [3.8, 4) is 0 Å². The summed E-state index contributed by atoms with van der Waals surface area (Å²) in [6, 6.07) is 10.3. The molecule has 19 heavy (non-hydrogen) atoms. The zero-order valence-electron chi connectivity index (χ0n) is 10.2. The zero-order chi connectivity index (χ0) is 13.7. The minimum absolute atomic E-state index is 0.0978. The summed E-state index contributed by atoms with van der Waals surface area (Å²) >= 11 is 1.49. The predicted octanol–water partition coefficient (Wildman–Crippen LogP) is 2.48. The van der Waals surface area contributed by atoms with E-state index in [2.05, 4.69) is 5.32 Å². The van der Waals surface area contributed by atoms with Crippen LogP contribution < -0.4 is 5.32 Å². The smallest absolute Gasteiger partial charge is 0.273 e. The van der Waals surface area contributed by atoms with E-state index in [1.807, 2.05) is 17.5 Å². The van der Waals surface area contributed by atoms with Crippen molar-refractivity contribution in [2.24, 2.45) is 0 Å². The number of aliphatic hydroxyl groups is 1. The van der Waals surface area contributed by atoms with Gasteiger partial charge in [0.2, 0.25) is 0 Å². The van der Waals surface area contributed by atoms with Gasteiger partial charge >= 0.3 is 0 Å². The average Bonchev–Trinajstić information content (AvgIpc) is 2.93. The van der Waals surface area contributed by atoms with Crippen molar-refractivity contribution in [2.75, 3.05) is 6.54 Å². The number of nitro groups is 1.